The van der Waals surface area contributed by atoms with E-state index in [2.05, 4.69) is 67.2 Å². The molecule has 6 heteroatoms. The van der Waals surface area contributed by atoms with Crippen molar-refractivity contribution < 1.29 is 4.43 Å². The topological polar surface area (TPSA) is 9.23 Å². The van der Waals surface area contributed by atoms with Crippen molar-refractivity contribution in [2.24, 2.45) is 0 Å². The van der Waals surface area contributed by atoms with Crippen LogP contribution in [0.5, 0.6) is 5.75 Å². The summed E-state index contributed by atoms with van der Waals surface area (Å²) < 4.78 is 6.11. The molecule has 0 saturated heterocycles. The van der Waals surface area contributed by atoms with Crippen molar-refractivity contribution in [2.45, 2.75) is 19.6 Å². The Balaban J connectivity index is 3.52. The van der Waals surface area contributed by atoms with Crippen molar-refractivity contribution in [1.82, 2.24) is 0 Å². The zero-order valence-electron chi connectivity index (χ0n) is 10.2. The minimum Gasteiger partial charge on any atom is -0.544 e. The number of rotatable bonds is 3. The SMILES string of the molecule is C=Cc1c([Si])c([Si])c([Si])c([Si])c1O[Si](C)(C)C. The molecule has 0 saturated carbocycles. The normalized spacial score (nSPS) is 11.5. The van der Waals surface area contributed by atoms with Crippen LogP contribution in [0.2, 0.25) is 19.6 Å². The van der Waals surface area contributed by atoms with Gasteiger partial charge >= 0.3 is 0 Å². The summed E-state index contributed by atoms with van der Waals surface area (Å²) in [4.78, 5) is 0. The summed E-state index contributed by atoms with van der Waals surface area (Å²) in [7, 11) is 12.7. The lowest BCUT2D eigenvalue weighted by molar-refractivity contribution is 0.562. The molecule has 0 aliphatic rings. The molecule has 0 bridgehead atoms. The predicted octanol–water partition coefficient (Wildman–Crippen LogP) is -1.28. The molecule has 82 valence electrons. The first kappa shape index (κ1) is 14.9. The molecule has 1 aromatic carbocycles. The standard InChI is InChI=1S/C11H12OSi5/c1-5-6-7(12-17(2,3)4)9(14)11(16)10(15)8(6)13/h5H,1H2,2-4H3. The maximum atomic E-state index is 6.11. The second kappa shape index (κ2) is 5.23. The second-order valence-electron chi connectivity index (χ2n) is 4.66. The van der Waals surface area contributed by atoms with Crippen LogP contribution in [0.25, 0.3) is 6.08 Å². The summed E-state index contributed by atoms with van der Waals surface area (Å²) in [5, 5.41) is 3.67. The highest BCUT2D eigenvalue weighted by Gasteiger charge is 2.21. The van der Waals surface area contributed by atoms with Gasteiger partial charge < -0.3 is 4.43 Å². The van der Waals surface area contributed by atoms with E-state index in [4.69, 9.17) is 4.43 Å². The summed E-state index contributed by atoms with van der Waals surface area (Å²) in [6.45, 7) is 10.3. The van der Waals surface area contributed by atoms with Gasteiger partial charge in [0.05, 0.1) is 41.0 Å². The minimum absolute atomic E-state index is 0.827. The monoisotopic (exact) mass is 300 g/mol. The van der Waals surface area contributed by atoms with Gasteiger partial charge in [-0.3, -0.25) is 0 Å². The van der Waals surface area contributed by atoms with E-state index in [1.165, 1.54) is 0 Å². The molecule has 1 rings (SSSR count). The van der Waals surface area contributed by atoms with E-state index < -0.39 is 8.32 Å². The third kappa shape index (κ3) is 3.19. The molecular formula is C11H12OSi5. The van der Waals surface area contributed by atoms with Crippen molar-refractivity contribution in [1.29, 1.82) is 0 Å². The van der Waals surface area contributed by atoms with Gasteiger partial charge in [-0.1, -0.05) is 28.2 Å². The van der Waals surface area contributed by atoms with Crippen molar-refractivity contribution >= 4 is 76.1 Å². The fourth-order valence-corrected chi connectivity index (χ4v) is 3.68. The Labute approximate surface area is 118 Å². The van der Waals surface area contributed by atoms with Gasteiger partial charge in [-0.25, -0.2) is 0 Å². The average Bonchev–Trinajstić information content (AvgIpc) is 2.22. The molecule has 1 nitrogen and oxygen atoms in total. The molecule has 0 unspecified atom stereocenters. The van der Waals surface area contributed by atoms with E-state index in [9.17, 15) is 0 Å². The summed E-state index contributed by atoms with van der Waals surface area (Å²) in [6.07, 6.45) is 1.79. The quantitative estimate of drug-likeness (QED) is 0.632. The largest absolute Gasteiger partial charge is 0.544 e. The van der Waals surface area contributed by atoms with Gasteiger partial charge in [0.15, 0.2) is 0 Å². The fourth-order valence-electron chi connectivity index (χ4n) is 1.35. The van der Waals surface area contributed by atoms with Gasteiger partial charge in [-0.2, -0.15) is 0 Å². The molecule has 0 aliphatic carbocycles. The summed E-state index contributed by atoms with van der Waals surface area (Å²) in [6, 6.07) is 0. The van der Waals surface area contributed by atoms with Crippen molar-refractivity contribution in [3.8, 4) is 5.75 Å². The Kier molecular flexibility index (Phi) is 4.58. The predicted molar refractivity (Wildman–Crippen MR) is 82.1 cm³/mol. The first-order valence-electron chi connectivity index (χ1n) is 5.11. The van der Waals surface area contributed by atoms with Crippen molar-refractivity contribution in [3.05, 3.63) is 12.1 Å². The molecule has 0 aromatic heterocycles. The van der Waals surface area contributed by atoms with Gasteiger partial charge in [0.2, 0.25) is 8.32 Å². The van der Waals surface area contributed by atoms with E-state index in [0.717, 1.165) is 32.1 Å². The first-order valence-corrected chi connectivity index (χ1v) is 10.5. The van der Waals surface area contributed by atoms with Crippen LogP contribution >= 0.6 is 0 Å². The zero-order valence-corrected chi connectivity index (χ0v) is 15.2. The van der Waals surface area contributed by atoms with Crippen LogP contribution in [-0.4, -0.2) is 49.3 Å². The van der Waals surface area contributed by atoms with Crippen LogP contribution in [0.4, 0.5) is 0 Å². The van der Waals surface area contributed by atoms with Crippen LogP contribution in [0.3, 0.4) is 0 Å². The van der Waals surface area contributed by atoms with E-state index in [1.54, 1.807) is 6.08 Å². The third-order valence-electron chi connectivity index (χ3n) is 2.10. The molecule has 0 spiro atoms. The van der Waals surface area contributed by atoms with Gasteiger partial charge in [0.1, 0.15) is 5.75 Å². The Morgan fingerprint density at radius 1 is 0.941 bits per heavy atom. The molecule has 1 aromatic rings. The van der Waals surface area contributed by atoms with Crippen LogP contribution in [0, 0.1) is 0 Å². The van der Waals surface area contributed by atoms with Gasteiger partial charge in [0, 0.05) is 5.56 Å². The number of hydrogen-bond acceptors (Lipinski definition) is 1. The van der Waals surface area contributed by atoms with Crippen LogP contribution in [0.1, 0.15) is 5.56 Å². The molecule has 0 atom stereocenters. The third-order valence-corrected chi connectivity index (χ3v) is 5.67. The highest BCUT2D eigenvalue weighted by molar-refractivity contribution is 6.71. The van der Waals surface area contributed by atoms with Crippen LogP contribution in [-0.2, 0) is 0 Å². The number of hydrogen-bond donors (Lipinski definition) is 0. The van der Waals surface area contributed by atoms with E-state index in [-0.39, 0.29) is 0 Å². The molecule has 0 fully saturated rings. The van der Waals surface area contributed by atoms with Crippen molar-refractivity contribution in [2.75, 3.05) is 0 Å². The smallest absolute Gasteiger partial charge is 0.242 e. The van der Waals surface area contributed by atoms with Crippen molar-refractivity contribution in [3.63, 3.8) is 0 Å². The lowest BCUT2D eigenvalue weighted by Gasteiger charge is -2.26. The molecule has 12 radical (unpaired) electrons. The average molecular weight is 301 g/mol. The van der Waals surface area contributed by atoms with E-state index in [1.807, 2.05) is 0 Å². The molecule has 17 heavy (non-hydrogen) atoms. The molecule has 0 heterocycles. The maximum absolute atomic E-state index is 6.11. The Bertz CT molecular complexity index is 462. The van der Waals surface area contributed by atoms with Gasteiger partial charge in [-0.15, -0.1) is 0 Å². The molecular weight excluding hydrogens is 289 g/mol. The molecule has 0 aliphatic heterocycles. The Hall–Kier alpha value is -0.156. The first-order chi connectivity index (χ1) is 7.69. The van der Waals surface area contributed by atoms with E-state index in [0.29, 0.717) is 0 Å². The lowest BCUT2D eigenvalue weighted by atomic mass is 10.2. The van der Waals surface area contributed by atoms with Gasteiger partial charge in [-0.05, 0) is 24.8 Å². The summed E-state index contributed by atoms with van der Waals surface area (Å²) >= 11 is 0. The Morgan fingerprint density at radius 3 is 1.82 bits per heavy atom. The Morgan fingerprint density at radius 2 is 1.41 bits per heavy atom. The summed E-state index contributed by atoms with van der Waals surface area (Å²) in [5.41, 5.74) is 0.945. The second-order valence-corrected chi connectivity index (χ2v) is 11.1. The number of benzene rings is 1. The van der Waals surface area contributed by atoms with Gasteiger partial charge in [0.25, 0.3) is 0 Å². The lowest BCUT2D eigenvalue weighted by Crippen LogP contribution is -2.50. The zero-order chi connectivity index (χ0) is 13.4. The van der Waals surface area contributed by atoms with Crippen LogP contribution < -0.4 is 25.2 Å². The summed E-state index contributed by atoms with van der Waals surface area (Å²) in [5.74, 6) is 0.827. The van der Waals surface area contributed by atoms with E-state index >= 15 is 0 Å². The highest BCUT2D eigenvalue weighted by atomic mass is 28.4. The maximum Gasteiger partial charge on any atom is 0.242 e. The van der Waals surface area contributed by atoms with Crippen LogP contribution in [0.15, 0.2) is 6.58 Å². The fraction of sp³-hybridized carbons (Fsp3) is 0.273. The molecule has 0 N–H and O–H groups in total. The highest BCUT2D eigenvalue weighted by Crippen LogP contribution is 2.17. The minimum atomic E-state index is -1.68. The molecule has 0 amide bonds.